The summed E-state index contributed by atoms with van der Waals surface area (Å²) >= 11 is 11.9. The van der Waals surface area contributed by atoms with E-state index in [-0.39, 0.29) is 10.8 Å². The zero-order chi connectivity index (χ0) is 19.7. The second-order valence-corrected chi connectivity index (χ2v) is 6.80. The molecule has 0 saturated carbocycles. The van der Waals surface area contributed by atoms with Crippen LogP contribution in [0.4, 0.5) is 5.69 Å². The number of hydrogen-bond donors (Lipinski definition) is 1. The Kier molecular flexibility index (Phi) is 4.94. The average Bonchev–Trinajstić information content (AvgIpc) is 3.12. The SMILES string of the molecule is COc1ccccc1-c1nc2cc(N=Cc3cc(Cl)cc(Cl)c3O)ccc2o1. The van der Waals surface area contributed by atoms with Crippen LogP contribution in [0.3, 0.4) is 0 Å². The summed E-state index contributed by atoms with van der Waals surface area (Å²) in [5, 5.41) is 10.6. The zero-order valence-corrected chi connectivity index (χ0v) is 16.2. The molecule has 0 unspecified atom stereocenters. The van der Waals surface area contributed by atoms with Gasteiger partial charge in [-0.15, -0.1) is 0 Å². The van der Waals surface area contributed by atoms with Gasteiger partial charge in [-0.05, 0) is 42.5 Å². The Morgan fingerprint density at radius 3 is 2.75 bits per heavy atom. The number of ether oxygens (including phenoxy) is 1. The molecule has 0 radical (unpaired) electrons. The molecule has 1 N–H and O–H groups in total. The largest absolute Gasteiger partial charge is 0.506 e. The Morgan fingerprint density at radius 2 is 1.93 bits per heavy atom. The molecule has 0 atom stereocenters. The maximum Gasteiger partial charge on any atom is 0.231 e. The lowest BCUT2D eigenvalue weighted by atomic mass is 10.2. The number of phenolic OH excluding ortho intramolecular Hbond substituents is 1. The molecule has 140 valence electrons. The molecule has 0 bridgehead atoms. The third-order valence-electron chi connectivity index (χ3n) is 4.12. The van der Waals surface area contributed by atoms with Crippen molar-refractivity contribution in [2.45, 2.75) is 0 Å². The highest BCUT2D eigenvalue weighted by molar-refractivity contribution is 6.36. The molecular formula is C21H14Cl2N2O3. The van der Waals surface area contributed by atoms with Crippen molar-refractivity contribution in [3.63, 3.8) is 0 Å². The maximum atomic E-state index is 10.0. The van der Waals surface area contributed by atoms with Crippen molar-refractivity contribution >= 4 is 46.2 Å². The van der Waals surface area contributed by atoms with Gasteiger partial charge < -0.3 is 14.3 Å². The van der Waals surface area contributed by atoms with Gasteiger partial charge in [0.05, 0.1) is 23.4 Å². The minimum Gasteiger partial charge on any atom is -0.506 e. The highest BCUT2D eigenvalue weighted by Gasteiger charge is 2.13. The van der Waals surface area contributed by atoms with E-state index < -0.39 is 0 Å². The van der Waals surface area contributed by atoms with Crippen molar-refractivity contribution in [2.24, 2.45) is 4.99 Å². The maximum absolute atomic E-state index is 10.0. The normalized spacial score (nSPS) is 11.4. The monoisotopic (exact) mass is 412 g/mol. The number of para-hydroxylation sites is 1. The van der Waals surface area contributed by atoms with Crippen molar-refractivity contribution in [3.8, 4) is 23.0 Å². The van der Waals surface area contributed by atoms with Crippen LogP contribution in [0.15, 0.2) is 64.0 Å². The van der Waals surface area contributed by atoms with Gasteiger partial charge in [0, 0.05) is 16.8 Å². The summed E-state index contributed by atoms with van der Waals surface area (Å²) in [5.74, 6) is 1.07. The molecule has 3 aromatic carbocycles. The van der Waals surface area contributed by atoms with E-state index >= 15 is 0 Å². The van der Waals surface area contributed by atoms with Gasteiger partial charge in [-0.25, -0.2) is 4.98 Å². The first-order chi connectivity index (χ1) is 13.5. The van der Waals surface area contributed by atoms with Crippen LogP contribution in [0.2, 0.25) is 10.0 Å². The molecule has 4 aromatic rings. The second kappa shape index (κ2) is 7.54. The second-order valence-electron chi connectivity index (χ2n) is 5.95. The van der Waals surface area contributed by atoms with E-state index in [0.29, 0.717) is 39.0 Å². The highest BCUT2D eigenvalue weighted by Crippen LogP contribution is 2.33. The van der Waals surface area contributed by atoms with Gasteiger partial charge in [0.1, 0.15) is 17.0 Å². The summed E-state index contributed by atoms with van der Waals surface area (Å²) in [5.41, 5.74) is 3.12. The van der Waals surface area contributed by atoms with E-state index in [0.717, 1.165) is 5.56 Å². The lowest BCUT2D eigenvalue weighted by Crippen LogP contribution is -1.86. The van der Waals surface area contributed by atoms with Gasteiger partial charge in [-0.2, -0.15) is 0 Å². The van der Waals surface area contributed by atoms with Crippen LogP contribution in [-0.4, -0.2) is 23.4 Å². The minimum absolute atomic E-state index is 0.0733. The molecule has 7 heteroatoms. The number of nitrogens with zero attached hydrogens (tertiary/aromatic N) is 2. The van der Waals surface area contributed by atoms with Crippen molar-refractivity contribution < 1.29 is 14.3 Å². The number of hydrogen-bond acceptors (Lipinski definition) is 5. The van der Waals surface area contributed by atoms with Crippen LogP contribution in [0.1, 0.15) is 5.56 Å². The Balaban J connectivity index is 1.69. The lowest BCUT2D eigenvalue weighted by Gasteiger charge is -2.03. The van der Waals surface area contributed by atoms with Gasteiger partial charge in [0.2, 0.25) is 5.89 Å². The molecule has 5 nitrogen and oxygen atoms in total. The molecule has 0 aliphatic heterocycles. The van der Waals surface area contributed by atoms with Crippen molar-refractivity contribution in [3.05, 3.63) is 70.2 Å². The molecular weight excluding hydrogens is 399 g/mol. The van der Waals surface area contributed by atoms with E-state index in [1.165, 1.54) is 12.3 Å². The molecule has 0 amide bonds. The van der Waals surface area contributed by atoms with E-state index in [1.807, 2.05) is 24.3 Å². The number of aromatic hydroxyl groups is 1. The van der Waals surface area contributed by atoms with E-state index in [4.69, 9.17) is 32.4 Å². The van der Waals surface area contributed by atoms with Gasteiger partial charge in [-0.1, -0.05) is 35.3 Å². The molecule has 28 heavy (non-hydrogen) atoms. The minimum atomic E-state index is -0.0733. The fraction of sp³-hybridized carbons (Fsp3) is 0.0476. The molecule has 0 saturated heterocycles. The Hall–Kier alpha value is -3.02. The van der Waals surface area contributed by atoms with E-state index in [9.17, 15) is 5.11 Å². The predicted molar refractivity (Wildman–Crippen MR) is 111 cm³/mol. The lowest BCUT2D eigenvalue weighted by molar-refractivity contribution is 0.414. The molecule has 0 aliphatic carbocycles. The number of aromatic nitrogens is 1. The predicted octanol–water partition coefficient (Wildman–Crippen LogP) is 6.27. The molecule has 0 spiro atoms. The van der Waals surface area contributed by atoms with Crippen LogP contribution in [-0.2, 0) is 0 Å². The van der Waals surface area contributed by atoms with Crippen LogP contribution in [0.5, 0.6) is 11.5 Å². The van der Waals surface area contributed by atoms with Crippen LogP contribution in [0, 0.1) is 0 Å². The van der Waals surface area contributed by atoms with Crippen LogP contribution in [0.25, 0.3) is 22.6 Å². The van der Waals surface area contributed by atoms with Gasteiger partial charge >= 0.3 is 0 Å². The summed E-state index contributed by atoms with van der Waals surface area (Å²) in [6.07, 6.45) is 1.50. The summed E-state index contributed by atoms with van der Waals surface area (Å²) in [4.78, 5) is 8.92. The number of phenols is 1. The van der Waals surface area contributed by atoms with Crippen molar-refractivity contribution in [1.82, 2.24) is 4.98 Å². The smallest absolute Gasteiger partial charge is 0.231 e. The molecule has 1 heterocycles. The van der Waals surface area contributed by atoms with Gasteiger partial charge in [-0.3, -0.25) is 4.99 Å². The number of fused-ring (bicyclic) bond motifs is 1. The number of halogens is 2. The topological polar surface area (TPSA) is 67.9 Å². The fourth-order valence-corrected chi connectivity index (χ4v) is 3.27. The van der Waals surface area contributed by atoms with Crippen LogP contribution >= 0.6 is 23.2 Å². The fourth-order valence-electron chi connectivity index (χ4n) is 2.76. The standard InChI is InChI=1S/C21H14Cl2N2O3/c1-27-18-5-3-2-4-15(18)21-25-17-10-14(6-7-19(17)28-21)24-11-12-8-13(22)9-16(23)20(12)26/h2-11,26H,1H3. The van der Waals surface area contributed by atoms with Crippen molar-refractivity contribution in [1.29, 1.82) is 0 Å². The first-order valence-corrected chi connectivity index (χ1v) is 9.07. The third-order valence-corrected chi connectivity index (χ3v) is 4.63. The van der Waals surface area contributed by atoms with Crippen molar-refractivity contribution in [2.75, 3.05) is 7.11 Å². The average molecular weight is 413 g/mol. The van der Waals surface area contributed by atoms with Gasteiger partial charge in [0.15, 0.2) is 5.58 Å². The molecule has 4 rings (SSSR count). The first-order valence-electron chi connectivity index (χ1n) is 8.31. The number of methoxy groups -OCH3 is 1. The number of rotatable bonds is 4. The summed E-state index contributed by atoms with van der Waals surface area (Å²) < 4.78 is 11.2. The summed E-state index contributed by atoms with van der Waals surface area (Å²) in [7, 11) is 1.60. The summed E-state index contributed by atoms with van der Waals surface area (Å²) in [6, 6.07) is 15.9. The number of benzene rings is 3. The van der Waals surface area contributed by atoms with E-state index in [1.54, 1.807) is 31.4 Å². The number of aliphatic imine (C=N–C) groups is 1. The third kappa shape index (κ3) is 3.54. The molecule has 0 aliphatic rings. The first kappa shape index (κ1) is 18.3. The number of oxazole rings is 1. The Bertz CT molecular complexity index is 1200. The highest BCUT2D eigenvalue weighted by atomic mass is 35.5. The Morgan fingerprint density at radius 1 is 1.11 bits per heavy atom. The van der Waals surface area contributed by atoms with Crippen LogP contribution < -0.4 is 4.74 Å². The molecule has 0 fully saturated rings. The molecule has 1 aromatic heterocycles. The summed E-state index contributed by atoms with van der Waals surface area (Å²) in [6.45, 7) is 0. The van der Waals surface area contributed by atoms with Gasteiger partial charge in [0.25, 0.3) is 0 Å². The Labute approximate surface area is 170 Å². The zero-order valence-electron chi connectivity index (χ0n) is 14.7. The van der Waals surface area contributed by atoms with E-state index in [2.05, 4.69) is 9.98 Å². The quantitative estimate of drug-likeness (QED) is 0.401.